The predicted molar refractivity (Wildman–Crippen MR) is 253 cm³/mol. The zero-order valence-corrected chi connectivity index (χ0v) is 55.7. The average molecular weight is 1260 g/mol. The van der Waals surface area contributed by atoms with Crippen LogP contribution >= 0.6 is 0 Å². The number of hydrogen-bond acceptors (Lipinski definition) is 26. The number of anilines is 4. The smallest absolute Gasteiger partial charge is 0.504 e. The van der Waals surface area contributed by atoms with E-state index in [1.165, 1.54) is 48.5 Å². The van der Waals surface area contributed by atoms with Crippen molar-refractivity contribution in [1.82, 2.24) is 0 Å². The number of hydrogen-bond donors (Lipinski definition) is 10. The molecule has 16 N–H and O–H groups in total. The van der Waals surface area contributed by atoms with Crippen LogP contribution in [0.2, 0.25) is 0 Å². The SMILES string of the molecule is Nc1cc(N)c(N=Nc2cc([N+](=O)[O-])cc(S(=O)(=O)O)c2O)cc1N=Nc1ccc(S(=O)(=O)O)cc1.Nc1cc(N)c(N=Nc2cc([N+](=O)[O-])cc(S(=O)(=O)O)c2O)cc1N=Nc1ccc(S(=O)(=O)O)cc1.O.[Cr].[Na+].[Na+].[Na+].[Na+].[Na+]. The van der Waals surface area contributed by atoms with E-state index in [0.717, 1.165) is 36.4 Å². The zero-order chi connectivity index (χ0) is 53.7. The van der Waals surface area contributed by atoms with Crippen LogP contribution in [-0.4, -0.2) is 77.4 Å². The summed E-state index contributed by atoms with van der Waals surface area (Å²) < 4.78 is 127. The molecule has 43 heteroatoms. The minimum atomic E-state index is -5.03. The number of nitrogens with zero attached hydrogens (tertiary/aromatic N) is 10. The van der Waals surface area contributed by atoms with E-state index in [9.17, 15) is 73.2 Å². The fraction of sp³-hybridized carbons (Fsp3) is 0. The van der Waals surface area contributed by atoms with Crippen LogP contribution in [0.25, 0.3) is 0 Å². The summed E-state index contributed by atoms with van der Waals surface area (Å²) in [7, 11) is -18.8. The van der Waals surface area contributed by atoms with Crippen molar-refractivity contribution < 1.29 is 243 Å². The number of aromatic hydroxyl groups is 2. The fourth-order valence-electron chi connectivity index (χ4n) is 5.29. The monoisotopic (exact) mass is 1260 g/mol. The molecule has 6 rings (SSSR count). The van der Waals surface area contributed by atoms with Gasteiger partial charge >= 0.3 is 148 Å². The summed E-state index contributed by atoms with van der Waals surface area (Å²) in [5.74, 6) is -2.18. The molecule has 33 nitrogen and oxygen atoms in total. The van der Waals surface area contributed by atoms with Crippen molar-refractivity contribution in [2.45, 2.75) is 19.6 Å². The van der Waals surface area contributed by atoms with Gasteiger partial charge in [0.1, 0.15) is 43.9 Å². The summed E-state index contributed by atoms with van der Waals surface area (Å²) in [6, 6.07) is 16.7. The van der Waals surface area contributed by atoms with Crippen LogP contribution in [0.1, 0.15) is 0 Å². The number of phenols is 2. The Bertz CT molecular complexity index is 3560. The first-order chi connectivity index (χ1) is 33.3. The Balaban J connectivity index is -0.00000134. The Hall–Kier alpha value is -3.55. The first kappa shape index (κ1) is 79.7. The summed E-state index contributed by atoms with van der Waals surface area (Å²) in [5.41, 5.74) is 20.8. The molecule has 390 valence electrons. The average Bonchev–Trinajstić information content (AvgIpc) is 3.27. The van der Waals surface area contributed by atoms with Gasteiger partial charge in [0.25, 0.3) is 51.8 Å². The van der Waals surface area contributed by atoms with Gasteiger partial charge in [0.2, 0.25) is 0 Å². The molecular weight excluding hydrogens is 1230 g/mol. The molecule has 79 heavy (non-hydrogen) atoms. The quantitative estimate of drug-likeness (QED) is 0.0121. The van der Waals surface area contributed by atoms with Gasteiger partial charge in [-0.1, -0.05) is 0 Å². The van der Waals surface area contributed by atoms with E-state index in [1.54, 1.807) is 0 Å². The Morgan fingerprint density at radius 2 is 0.620 bits per heavy atom. The zero-order valence-electron chi connectivity index (χ0n) is 41.1. The number of nitro groups is 2. The normalized spacial score (nSPS) is 11.3. The number of phenolic OH excluding ortho intramolecular Hbond substituents is 2. The Kier molecular flexibility index (Phi) is 33.2. The van der Waals surface area contributed by atoms with Gasteiger partial charge in [0.05, 0.1) is 53.8 Å². The van der Waals surface area contributed by atoms with Gasteiger partial charge in [0, 0.05) is 41.6 Å². The molecule has 0 saturated carbocycles. The maximum atomic E-state index is 11.4. The number of benzene rings is 6. The van der Waals surface area contributed by atoms with Gasteiger partial charge in [0.15, 0.2) is 11.5 Å². The summed E-state index contributed by atoms with van der Waals surface area (Å²) in [5, 5.41) is 72.6. The van der Waals surface area contributed by atoms with Gasteiger partial charge in [-0.2, -0.15) is 43.9 Å². The molecule has 0 spiro atoms. The molecule has 0 aliphatic carbocycles. The summed E-state index contributed by atoms with van der Waals surface area (Å²) in [4.78, 5) is 17.2. The third kappa shape index (κ3) is 22.3. The number of nitrogen functional groups attached to an aromatic ring is 4. The maximum absolute atomic E-state index is 11.4. The molecule has 0 fully saturated rings. The van der Waals surface area contributed by atoms with Crippen molar-refractivity contribution in [1.29, 1.82) is 0 Å². The van der Waals surface area contributed by atoms with E-state index in [4.69, 9.17) is 32.0 Å². The maximum Gasteiger partial charge on any atom is 1.00 e. The molecule has 0 amide bonds. The second kappa shape index (κ2) is 32.9. The standard InChI is InChI=1S/2C18H15N7O9S2.Cr.5Na.H2O/c2*19-12-7-13(20)15(8-14(12)22-21-9-1-3-11(4-2-9)35(29,30)31)23-24-16-5-10(25(27)28)6-17(18(16)26)36(32,33)34;;;;;;;/h2*1-8,26H,19-20H2,(H,29,30,31)(H,32,33,34);;;;;;;1H2/q;;;5*+1;. The second-order valence-corrected chi connectivity index (χ2v) is 19.4. The van der Waals surface area contributed by atoms with Crippen molar-refractivity contribution in [3.63, 3.8) is 0 Å². The number of non-ortho nitro benzene ring substituents is 2. The number of rotatable bonds is 14. The Labute approximate surface area is 567 Å². The molecule has 0 saturated heterocycles. The van der Waals surface area contributed by atoms with E-state index in [-0.39, 0.29) is 237 Å². The molecule has 0 heterocycles. The summed E-state index contributed by atoms with van der Waals surface area (Å²) in [6.07, 6.45) is 0. The molecule has 0 aliphatic heterocycles. The first-order valence-electron chi connectivity index (χ1n) is 18.5. The summed E-state index contributed by atoms with van der Waals surface area (Å²) in [6.45, 7) is 0. The summed E-state index contributed by atoms with van der Waals surface area (Å²) >= 11 is 0. The van der Waals surface area contributed by atoms with Crippen molar-refractivity contribution >= 4 is 120 Å². The molecule has 0 radical (unpaired) electrons. The van der Waals surface area contributed by atoms with Crippen LogP contribution in [0, 0.1) is 20.2 Å². The Morgan fingerprint density at radius 1 is 0.380 bits per heavy atom. The molecule has 0 aromatic heterocycles. The first-order valence-corrected chi connectivity index (χ1v) is 24.3. The van der Waals surface area contributed by atoms with E-state index in [0.29, 0.717) is 12.1 Å². The van der Waals surface area contributed by atoms with Crippen molar-refractivity contribution in [3.8, 4) is 11.5 Å². The van der Waals surface area contributed by atoms with E-state index < -0.39 is 94.4 Å². The van der Waals surface area contributed by atoms with Crippen LogP contribution in [0.15, 0.2) is 158 Å². The van der Waals surface area contributed by atoms with Gasteiger partial charge in [-0.05, 0) is 72.8 Å². The largest absolute Gasteiger partial charge is 1.00 e. The predicted octanol–water partition coefficient (Wildman–Crippen LogP) is -8.23. The second-order valence-electron chi connectivity index (χ2n) is 13.8. The van der Waals surface area contributed by atoms with Crippen LogP contribution in [0.3, 0.4) is 0 Å². The van der Waals surface area contributed by atoms with Crippen LogP contribution < -0.4 is 171 Å². The number of nitrogens with two attached hydrogens (primary N) is 4. The fourth-order valence-corrected chi connectivity index (χ4v) is 7.49. The van der Waals surface area contributed by atoms with Gasteiger partial charge in [-0.25, -0.2) is 0 Å². The van der Waals surface area contributed by atoms with Crippen LogP contribution in [-0.2, 0) is 57.8 Å². The Morgan fingerprint density at radius 3 is 0.848 bits per heavy atom. The molecule has 0 bridgehead atoms. The van der Waals surface area contributed by atoms with Crippen molar-refractivity contribution in [3.05, 3.63) is 117 Å². The minimum Gasteiger partial charge on any atom is -0.504 e. The molecule has 0 aliphatic rings. The minimum absolute atomic E-state index is 0. The molecule has 0 atom stereocenters. The van der Waals surface area contributed by atoms with E-state index in [2.05, 4.69) is 40.9 Å². The third-order valence-corrected chi connectivity index (χ3v) is 12.2. The molecular formula is C36H32CrN14Na5O19S4+5. The number of azo groups is 4. The van der Waals surface area contributed by atoms with E-state index >= 15 is 0 Å². The third-order valence-electron chi connectivity index (χ3n) is 8.76. The van der Waals surface area contributed by atoms with Crippen molar-refractivity contribution in [2.24, 2.45) is 40.9 Å². The van der Waals surface area contributed by atoms with Crippen LogP contribution in [0.4, 0.5) is 79.6 Å². The van der Waals surface area contributed by atoms with Crippen LogP contribution in [0.5, 0.6) is 11.5 Å². The number of nitro benzene ring substituents is 2. The molecule has 0 unspecified atom stereocenters. The van der Waals surface area contributed by atoms with Gasteiger partial charge < -0.3 is 38.6 Å². The van der Waals surface area contributed by atoms with E-state index in [1.807, 2.05) is 0 Å². The van der Waals surface area contributed by atoms with Gasteiger partial charge in [-0.15, -0.1) is 30.7 Å². The topological polar surface area (TPSA) is 579 Å². The molecule has 6 aromatic rings. The molecule has 6 aromatic carbocycles. The van der Waals surface area contributed by atoms with Gasteiger partial charge in [-0.3, -0.25) is 38.4 Å². The van der Waals surface area contributed by atoms with Crippen molar-refractivity contribution in [2.75, 3.05) is 22.9 Å².